The Morgan fingerprint density at radius 1 is 1.14 bits per heavy atom. The van der Waals surface area contributed by atoms with E-state index in [-0.39, 0.29) is 17.2 Å². The Bertz CT molecular complexity index is 185. The van der Waals surface area contributed by atoms with Crippen LogP contribution in [-0.4, -0.2) is 18.9 Å². The molecule has 0 aliphatic rings. The fourth-order valence-corrected chi connectivity index (χ4v) is 0.684. The Morgan fingerprint density at radius 2 is 1.57 bits per heavy atom. The summed E-state index contributed by atoms with van der Waals surface area (Å²) in [7, 11) is 1.50. The van der Waals surface area contributed by atoms with Gasteiger partial charge in [-0.1, -0.05) is 20.8 Å². The van der Waals surface area contributed by atoms with Crippen LogP contribution in [0.5, 0.6) is 0 Å². The number of rotatable bonds is 1. The lowest BCUT2D eigenvalue weighted by atomic mass is 9.92. The van der Waals surface area contributed by atoms with Crippen molar-refractivity contribution >= 4 is 11.8 Å². The lowest BCUT2D eigenvalue weighted by Gasteiger charge is -2.16. The molecule has 5 nitrogen and oxygen atoms in total. The Kier molecular flexibility index (Phi) is 8.04. The summed E-state index contributed by atoms with van der Waals surface area (Å²) >= 11 is 0. The molecule has 14 heavy (non-hydrogen) atoms. The summed E-state index contributed by atoms with van der Waals surface area (Å²) in [5.41, 5.74) is 8.98. The first-order valence-electron chi connectivity index (χ1n) is 4.44. The summed E-state index contributed by atoms with van der Waals surface area (Å²) in [4.78, 5) is 21.4. The Hall–Kier alpha value is -1.10. The van der Waals surface area contributed by atoms with Crippen molar-refractivity contribution < 1.29 is 9.59 Å². The molecule has 0 aliphatic carbocycles. The van der Waals surface area contributed by atoms with Gasteiger partial charge >= 0.3 is 0 Å². The van der Waals surface area contributed by atoms with Crippen LogP contribution in [-0.2, 0) is 9.59 Å². The van der Waals surface area contributed by atoms with Crippen molar-refractivity contribution in [2.75, 3.05) is 7.05 Å². The third-order valence-corrected chi connectivity index (χ3v) is 1.07. The van der Waals surface area contributed by atoms with Gasteiger partial charge in [0.25, 0.3) is 0 Å². The second kappa shape index (κ2) is 7.32. The van der Waals surface area contributed by atoms with Crippen LogP contribution in [0.1, 0.15) is 34.1 Å². The van der Waals surface area contributed by atoms with Gasteiger partial charge in [0, 0.05) is 13.3 Å². The predicted octanol–water partition coefficient (Wildman–Crippen LogP) is 0.165. The minimum Gasteiger partial charge on any atom is -0.333 e. The van der Waals surface area contributed by atoms with Crippen molar-refractivity contribution in [3.8, 4) is 0 Å². The summed E-state index contributed by atoms with van der Waals surface area (Å²) in [6.07, 6.45) is 0.396. The summed E-state index contributed by atoms with van der Waals surface area (Å²) in [5.74, 6) is -0.435. The van der Waals surface area contributed by atoms with Crippen LogP contribution in [0.3, 0.4) is 0 Å². The minimum absolute atomic E-state index is 0.0530. The van der Waals surface area contributed by atoms with Crippen molar-refractivity contribution in [1.29, 1.82) is 0 Å². The lowest BCUT2D eigenvalue weighted by molar-refractivity contribution is -0.128. The molecule has 4 N–H and O–H groups in total. The zero-order valence-electron chi connectivity index (χ0n) is 9.60. The van der Waals surface area contributed by atoms with E-state index in [0.717, 1.165) is 0 Å². The molecule has 0 radical (unpaired) electrons. The molecule has 2 amide bonds. The Labute approximate surface area is 85.4 Å². The van der Waals surface area contributed by atoms with E-state index in [1.165, 1.54) is 14.0 Å². The molecule has 0 unspecified atom stereocenters. The molecular weight excluding hydrogens is 182 g/mol. The molecule has 0 bridgehead atoms. The van der Waals surface area contributed by atoms with Crippen LogP contribution in [0, 0.1) is 5.41 Å². The van der Waals surface area contributed by atoms with Crippen molar-refractivity contribution in [3.63, 3.8) is 0 Å². The first kappa shape index (κ1) is 15.4. The number of carbonyl (C=O) groups excluding carboxylic acids is 2. The minimum atomic E-state index is -0.266. The number of nitrogens with two attached hydrogens (primary N) is 1. The molecule has 0 aromatic carbocycles. The molecule has 0 saturated heterocycles. The van der Waals surface area contributed by atoms with E-state index >= 15 is 0 Å². The van der Waals surface area contributed by atoms with E-state index < -0.39 is 0 Å². The van der Waals surface area contributed by atoms with Crippen LogP contribution < -0.4 is 16.6 Å². The normalized spacial score (nSPS) is 9.57. The Balaban J connectivity index is 0. The highest BCUT2D eigenvalue weighted by Gasteiger charge is 2.15. The molecule has 5 heteroatoms. The summed E-state index contributed by atoms with van der Waals surface area (Å²) < 4.78 is 0. The van der Waals surface area contributed by atoms with Crippen LogP contribution in [0.2, 0.25) is 0 Å². The molecule has 0 rings (SSSR count). The topological polar surface area (TPSA) is 84.2 Å². The molecule has 0 aliphatic heterocycles. The monoisotopic (exact) mass is 203 g/mol. The van der Waals surface area contributed by atoms with E-state index in [0.29, 0.717) is 6.42 Å². The number of amides is 2. The quantitative estimate of drug-likeness (QED) is 0.531. The number of nitrogens with one attached hydrogen (secondary N) is 2. The van der Waals surface area contributed by atoms with Crippen LogP contribution in [0.25, 0.3) is 0 Å². The number of hydrazine groups is 1. The maximum Gasteiger partial charge on any atom is 0.238 e. The van der Waals surface area contributed by atoms with Crippen LogP contribution in [0.4, 0.5) is 0 Å². The van der Waals surface area contributed by atoms with E-state index in [1.54, 1.807) is 0 Å². The summed E-state index contributed by atoms with van der Waals surface area (Å²) in [5, 5.41) is 0. The standard InChI is InChI=1S/C8H16N2O2.CH5N/c1-6(11)9-10-7(12)5-8(2,3)4;1-2/h5H2,1-4H3,(H,9,11)(H,10,12);2H2,1H3. The van der Waals surface area contributed by atoms with Crippen molar-refractivity contribution in [1.82, 2.24) is 10.9 Å². The zero-order valence-corrected chi connectivity index (χ0v) is 9.60. The highest BCUT2D eigenvalue weighted by molar-refractivity contribution is 5.80. The van der Waals surface area contributed by atoms with E-state index in [9.17, 15) is 9.59 Å². The van der Waals surface area contributed by atoms with E-state index in [4.69, 9.17) is 0 Å². The summed E-state index contributed by atoms with van der Waals surface area (Å²) in [6.45, 7) is 7.22. The molecule has 0 aromatic rings. The molecule has 0 fully saturated rings. The third-order valence-electron chi connectivity index (χ3n) is 1.07. The van der Waals surface area contributed by atoms with Crippen molar-refractivity contribution in [3.05, 3.63) is 0 Å². The first-order chi connectivity index (χ1) is 6.31. The molecule has 0 saturated carbocycles. The fraction of sp³-hybridized carbons (Fsp3) is 0.778. The largest absolute Gasteiger partial charge is 0.333 e. The molecule has 0 aromatic heterocycles. The highest BCUT2D eigenvalue weighted by atomic mass is 16.2. The first-order valence-corrected chi connectivity index (χ1v) is 4.44. The second-order valence-electron chi connectivity index (χ2n) is 3.97. The van der Waals surface area contributed by atoms with Gasteiger partial charge in [0.15, 0.2) is 0 Å². The van der Waals surface area contributed by atoms with E-state index in [2.05, 4.69) is 16.6 Å². The number of carbonyl (C=O) groups is 2. The summed E-state index contributed by atoms with van der Waals surface area (Å²) in [6, 6.07) is 0. The van der Waals surface area contributed by atoms with Crippen LogP contribution >= 0.6 is 0 Å². The lowest BCUT2D eigenvalue weighted by Crippen LogP contribution is -2.41. The SMILES string of the molecule is CC(=O)NNC(=O)CC(C)(C)C.CN. The van der Waals surface area contributed by atoms with E-state index in [1.807, 2.05) is 20.8 Å². The molecule has 0 heterocycles. The maximum atomic E-state index is 11.0. The molecule has 84 valence electrons. The molecular formula is C9H21N3O2. The third kappa shape index (κ3) is 13.5. The van der Waals surface area contributed by atoms with Gasteiger partial charge in [0.1, 0.15) is 0 Å². The smallest absolute Gasteiger partial charge is 0.238 e. The second-order valence-corrected chi connectivity index (χ2v) is 3.97. The maximum absolute atomic E-state index is 11.0. The number of hydrogen-bond donors (Lipinski definition) is 3. The van der Waals surface area contributed by atoms with Gasteiger partial charge in [-0.2, -0.15) is 0 Å². The van der Waals surface area contributed by atoms with Gasteiger partial charge in [-0.25, -0.2) is 0 Å². The highest BCUT2D eigenvalue weighted by Crippen LogP contribution is 2.17. The van der Waals surface area contributed by atoms with Gasteiger partial charge in [0.2, 0.25) is 11.8 Å². The van der Waals surface area contributed by atoms with Gasteiger partial charge < -0.3 is 5.73 Å². The molecule has 0 spiro atoms. The average molecular weight is 203 g/mol. The van der Waals surface area contributed by atoms with Crippen LogP contribution in [0.15, 0.2) is 0 Å². The molecule has 0 atom stereocenters. The van der Waals surface area contributed by atoms with Crippen molar-refractivity contribution in [2.24, 2.45) is 11.1 Å². The fourth-order valence-electron chi connectivity index (χ4n) is 0.684. The van der Waals surface area contributed by atoms with Gasteiger partial charge in [-0.15, -0.1) is 0 Å². The van der Waals surface area contributed by atoms with Crippen molar-refractivity contribution in [2.45, 2.75) is 34.1 Å². The van der Waals surface area contributed by atoms with Gasteiger partial charge in [-0.05, 0) is 12.5 Å². The zero-order chi connectivity index (χ0) is 11.8. The predicted molar refractivity (Wildman–Crippen MR) is 56.1 cm³/mol. The average Bonchev–Trinajstić information content (AvgIpc) is 2.02. The van der Waals surface area contributed by atoms with Gasteiger partial charge in [-0.3, -0.25) is 20.4 Å². The van der Waals surface area contributed by atoms with Gasteiger partial charge in [0.05, 0.1) is 0 Å². The number of hydrogen-bond acceptors (Lipinski definition) is 3. The Morgan fingerprint density at radius 3 is 1.86 bits per heavy atom.